The van der Waals surface area contributed by atoms with Gasteiger partial charge in [0.2, 0.25) is 5.91 Å². The lowest BCUT2D eigenvalue weighted by molar-refractivity contribution is -0.130. The van der Waals surface area contributed by atoms with Crippen LogP contribution in [0.2, 0.25) is 0 Å². The molecule has 4 rings (SSSR count). The van der Waals surface area contributed by atoms with E-state index in [1.165, 1.54) is 14.0 Å². The maximum absolute atomic E-state index is 14.1. The lowest BCUT2D eigenvalue weighted by Gasteiger charge is -2.30. The number of hydrogen-bond acceptors (Lipinski definition) is 6. The summed E-state index contributed by atoms with van der Waals surface area (Å²) in [4.78, 5) is 40.9. The monoisotopic (exact) mass is 515 g/mol. The molecule has 3 aromatic carbocycles. The standard InChI is InChI=1S/C28H29N5O5/c1-16-25(31-26(34)17(2)32(3)28(36)37)27(35)33(23-11-9-18(14-29)13-22(23)30-16)15-21-20-8-6-5-7-19(20)10-12-24(21)38-4/h5-13,16-17,25,30H,15H2,1-4H3,(H,31,34)(H,36,37)/t16-,17?,25-/m0/s1. The second kappa shape index (κ2) is 10.7. The predicted octanol–water partition coefficient (Wildman–Crippen LogP) is 3.55. The van der Waals surface area contributed by atoms with Gasteiger partial charge in [0.25, 0.3) is 5.91 Å². The second-order valence-corrected chi connectivity index (χ2v) is 9.22. The fraction of sp³-hybridized carbons (Fsp3) is 0.286. The fourth-order valence-corrected chi connectivity index (χ4v) is 4.58. The topological polar surface area (TPSA) is 135 Å². The number of methoxy groups -OCH3 is 1. The summed E-state index contributed by atoms with van der Waals surface area (Å²) in [6, 6.07) is 16.1. The van der Waals surface area contributed by atoms with Gasteiger partial charge in [-0.2, -0.15) is 5.26 Å². The van der Waals surface area contributed by atoms with E-state index in [9.17, 15) is 24.8 Å². The largest absolute Gasteiger partial charge is 0.496 e. The van der Waals surface area contributed by atoms with E-state index in [1.54, 1.807) is 37.1 Å². The first-order chi connectivity index (χ1) is 18.2. The number of carbonyl (C=O) groups excluding carboxylic acids is 2. The van der Waals surface area contributed by atoms with Gasteiger partial charge < -0.3 is 25.4 Å². The quantitative estimate of drug-likeness (QED) is 0.457. The molecular formula is C28H29N5O5. The number of amides is 3. The lowest BCUT2D eigenvalue weighted by atomic mass is 10.0. The third kappa shape index (κ3) is 4.91. The van der Waals surface area contributed by atoms with Crippen LogP contribution in [0.1, 0.15) is 25.0 Å². The highest BCUT2D eigenvalue weighted by atomic mass is 16.5. The van der Waals surface area contributed by atoms with Gasteiger partial charge in [-0.1, -0.05) is 30.3 Å². The Balaban J connectivity index is 1.79. The molecule has 1 heterocycles. The molecule has 0 fully saturated rings. The Kier molecular flexibility index (Phi) is 7.39. The number of carbonyl (C=O) groups is 3. The highest BCUT2D eigenvalue weighted by molar-refractivity contribution is 6.05. The Morgan fingerprint density at radius 2 is 1.97 bits per heavy atom. The van der Waals surface area contributed by atoms with E-state index < -0.39 is 30.1 Å². The van der Waals surface area contributed by atoms with Gasteiger partial charge in [-0.25, -0.2) is 4.79 Å². The van der Waals surface area contributed by atoms with Crippen LogP contribution >= 0.6 is 0 Å². The van der Waals surface area contributed by atoms with Gasteiger partial charge in [0, 0.05) is 12.6 Å². The lowest BCUT2D eigenvalue weighted by Crippen LogP contribution is -2.57. The molecule has 3 aromatic rings. The minimum Gasteiger partial charge on any atom is -0.496 e. The van der Waals surface area contributed by atoms with Crippen molar-refractivity contribution in [3.63, 3.8) is 0 Å². The van der Waals surface area contributed by atoms with Crippen molar-refractivity contribution in [3.05, 3.63) is 65.7 Å². The summed E-state index contributed by atoms with van der Waals surface area (Å²) >= 11 is 0. The predicted molar refractivity (Wildman–Crippen MR) is 143 cm³/mol. The molecule has 0 bridgehead atoms. The molecule has 0 aliphatic carbocycles. The van der Waals surface area contributed by atoms with E-state index in [0.717, 1.165) is 21.2 Å². The summed E-state index contributed by atoms with van der Waals surface area (Å²) in [6.45, 7) is 3.34. The number of carboxylic acid groups (broad SMARTS) is 1. The molecule has 3 amide bonds. The van der Waals surface area contributed by atoms with Gasteiger partial charge in [0.05, 0.1) is 42.7 Å². The first-order valence-corrected chi connectivity index (χ1v) is 12.1. The molecule has 3 N–H and O–H groups in total. The third-order valence-corrected chi connectivity index (χ3v) is 6.93. The highest BCUT2D eigenvalue weighted by Gasteiger charge is 2.38. The zero-order valence-electron chi connectivity index (χ0n) is 21.6. The first-order valence-electron chi connectivity index (χ1n) is 12.1. The Morgan fingerprint density at radius 1 is 1.24 bits per heavy atom. The molecule has 3 atom stereocenters. The molecule has 10 nitrogen and oxygen atoms in total. The normalized spacial score (nSPS) is 17.4. The summed E-state index contributed by atoms with van der Waals surface area (Å²) in [6.07, 6.45) is -1.26. The van der Waals surface area contributed by atoms with Crippen LogP contribution in [0.3, 0.4) is 0 Å². The van der Waals surface area contributed by atoms with Gasteiger partial charge in [-0.15, -0.1) is 0 Å². The number of hydrogen-bond donors (Lipinski definition) is 3. The van der Waals surface area contributed by atoms with Crippen LogP contribution in [0.4, 0.5) is 16.2 Å². The molecule has 196 valence electrons. The Hall–Kier alpha value is -4.78. The zero-order valence-corrected chi connectivity index (χ0v) is 21.6. The summed E-state index contributed by atoms with van der Waals surface area (Å²) in [5.74, 6) is -0.385. The van der Waals surface area contributed by atoms with Crippen LogP contribution in [0, 0.1) is 11.3 Å². The van der Waals surface area contributed by atoms with Gasteiger partial charge in [0.1, 0.15) is 17.8 Å². The van der Waals surface area contributed by atoms with Crippen LogP contribution in [0.5, 0.6) is 5.75 Å². The molecule has 0 spiro atoms. The van der Waals surface area contributed by atoms with Crippen molar-refractivity contribution < 1.29 is 24.2 Å². The van der Waals surface area contributed by atoms with Crippen LogP contribution in [-0.4, -0.2) is 60.2 Å². The van der Waals surface area contributed by atoms with Crippen molar-refractivity contribution in [2.75, 3.05) is 24.4 Å². The SMILES string of the molecule is COc1ccc2ccccc2c1CN1C(=O)[C@@H](NC(=O)C(C)N(C)C(=O)O)[C@H](C)Nc2cc(C#N)ccc21. The van der Waals surface area contributed by atoms with Crippen LogP contribution in [-0.2, 0) is 16.1 Å². The van der Waals surface area contributed by atoms with Crippen molar-refractivity contribution in [1.82, 2.24) is 10.2 Å². The van der Waals surface area contributed by atoms with E-state index >= 15 is 0 Å². The number of nitriles is 1. The van der Waals surface area contributed by atoms with Gasteiger partial charge in [-0.05, 0) is 48.9 Å². The number of fused-ring (bicyclic) bond motifs is 2. The zero-order chi connectivity index (χ0) is 27.6. The first kappa shape index (κ1) is 26.3. The fourth-order valence-electron chi connectivity index (χ4n) is 4.58. The number of nitrogens with zero attached hydrogens (tertiary/aromatic N) is 3. The maximum Gasteiger partial charge on any atom is 0.407 e. The molecular weight excluding hydrogens is 486 g/mol. The molecule has 1 aliphatic heterocycles. The van der Waals surface area contributed by atoms with Gasteiger partial charge >= 0.3 is 6.09 Å². The van der Waals surface area contributed by atoms with E-state index in [0.29, 0.717) is 22.7 Å². The Bertz CT molecular complexity index is 1450. The number of rotatable bonds is 6. The van der Waals surface area contributed by atoms with Crippen LogP contribution in [0.25, 0.3) is 10.8 Å². The number of nitrogens with one attached hydrogen (secondary N) is 2. The molecule has 10 heteroatoms. The molecule has 0 radical (unpaired) electrons. The van der Waals surface area contributed by atoms with Crippen molar-refractivity contribution in [3.8, 4) is 11.8 Å². The number of anilines is 2. The third-order valence-electron chi connectivity index (χ3n) is 6.93. The molecule has 1 unspecified atom stereocenters. The van der Waals surface area contributed by atoms with E-state index in [4.69, 9.17) is 4.74 Å². The second-order valence-electron chi connectivity index (χ2n) is 9.22. The molecule has 1 aliphatic rings. The van der Waals surface area contributed by atoms with Crippen molar-refractivity contribution in [2.24, 2.45) is 0 Å². The minimum absolute atomic E-state index is 0.133. The van der Waals surface area contributed by atoms with Gasteiger partial charge in [-0.3, -0.25) is 14.5 Å². The maximum atomic E-state index is 14.1. The Labute approximate surface area is 220 Å². The molecule has 0 saturated heterocycles. The van der Waals surface area contributed by atoms with Crippen molar-refractivity contribution in [1.29, 1.82) is 5.26 Å². The van der Waals surface area contributed by atoms with Crippen molar-refractivity contribution >= 4 is 40.1 Å². The van der Waals surface area contributed by atoms with Gasteiger partial charge in [0.15, 0.2) is 0 Å². The van der Waals surface area contributed by atoms with E-state index in [1.807, 2.05) is 36.4 Å². The molecule has 0 aromatic heterocycles. The minimum atomic E-state index is -1.26. The summed E-state index contributed by atoms with van der Waals surface area (Å²) in [5, 5.41) is 26.6. The van der Waals surface area contributed by atoms with Crippen LogP contribution < -0.4 is 20.3 Å². The number of likely N-dealkylation sites (N-methyl/N-ethyl adjacent to an activating group) is 1. The number of ether oxygens (including phenoxy) is 1. The van der Waals surface area contributed by atoms with E-state index in [-0.39, 0.29) is 12.5 Å². The smallest absolute Gasteiger partial charge is 0.407 e. The highest BCUT2D eigenvalue weighted by Crippen LogP contribution is 2.36. The van der Waals surface area contributed by atoms with Crippen LogP contribution in [0.15, 0.2) is 54.6 Å². The summed E-state index contributed by atoms with van der Waals surface area (Å²) in [7, 11) is 2.86. The Morgan fingerprint density at radius 3 is 2.66 bits per heavy atom. The number of benzene rings is 3. The summed E-state index contributed by atoms with van der Waals surface area (Å²) < 4.78 is 5.65. The summed E-state index contributed by atoms with van der Waals surface area (Å²) in [5.41, 5.74) is 2.31. The van der Waals surface area contributed by atoms with E-state index in [2.05, 4.69) is 16.7 Å². The average Bonchev–Trinajstić information content (AvgIpc) is 3.01. The average molecular weight is 516 g/mol. The molecule has 0 saturated carbocycles. The molecule has 38 heavy (non-hydrogen) atoms. The van der Waals surface area contributed by atoms with Crippen molar-refractivity contribution in [2.45, 2.75) is 38.5 Å².